The monoisotopic (exact) mass is 485 g/mol. The second kappa shape index (κ2) is 10.8. The van der Waals surface area contributed by atoms with Crippen molar-refractivity contribution in [3.63, 3.8) is 0 Å². The number of halogens is 2. The summed E-state index contributed by atoms with van der Waals surface area (Å²) in [5.41, 5.74) is 5.58. The fourth-order valence-corrected chi connectivity index (χ4v) is 2.99. The van der Waals surface area contributed by atoms with Gasteiger partial charge in [0.15, 0.2) is 11.7 Å². The molecule has 2 amide bonds. The zero-order chi connectivity index (χ0) is 20.5. The summed E-state index contributed by atoms with van der Waals surface area (Å²) in [5.74, 6) is 0.374. The molecule has 0 aliphatic heterocycles. The third kappa shape index (κ3) is 7.34. The lowest BCUT2D eigenvalue weighted by atomic mass is 10.1. The quantitative estimate of drug-likeness (QED) is 0.430. The van der Waals surface area contributed by atoms with Crippen molar-refractivity contribution < 1.29 is 19.1 Å². The van der Waals surface area contributed by atoms with E-state index < -0.39 is 5.91 Å². The summed E-state index contributed by atoms with van der Waals surface area (Å²) >= 11 is 14.1. The van der Waals surface area contributed by atoms with Crippen molar-refractivity contribution in [2.24, 2.45) is 0 Å². The van der Waals surface area contributed by atoms with Gasteiger partial charge in [-0.15, -0.1) is 0 Å². The normalized spacial score (nSPS) is 9.96. The highest BCUT2D eigenvalue weighted by molar-refractivity contribution is 9.10. The van der Waals surface area contributed by atoms with Gasteiger partial charge in [-0.2, -0.15) is 0 Å². The summed E-state index contributed by atoms with van der Waals surface area (Å²) < 4.78 is 11.1. The second-order valence-corrected chi connectivity index (χ2v) is 7.14. The molecule has 2 aromatic carbocycles. The van der Waals surface area contributed by atoms with Gasteiger partial charge < -0.3 is 14.8 Å². The Kier molecular flexibility index (Phi) is 8.49. The summed E-state index contributed by atoms with van der Waals surface area (Å²) in [6.07, 6.45) is 0.132. The first kappa shape index (κ1) is 21.9. The van der Waals surface area contributed by atoms with Gasteiger partial charge in [-0.3, -0.25) is 20.4 Å². The minimum atomic E-state index is -0.478. The summed E-state index contributed by atoms with van der Waals surface area (Å²) in [4.78, 5) is 23.8. The van der Waals surface area contributed by atoms with E-state index in [1.54, 1.807) is 49.6 Å². The van der Waals surface area contributed by atoms with Crippen LogP contribution in [0.4, 0.5) is 0 Å². The highest BCUT2D eigenvalue weighted by atomic mass is 79.9. The molecule has 0 aliphatic rings. The lowest BCUT2D eigenvalue weighted by Gasteiger charge is -2.12. The van der Waals surface area contributed by atoms with Crippen LogP contribution in [0.15, 0.2) is 46.9 Å². The summed E-state index contributed by atoms with van der Waals surface area (Å²) in [5, 5.41) is 2.99. The number of hydrogen-bond acceptors (Lipinski definition) is 5. The van der Waals surface area contributed by atoms with E-state index in [1.807, 2.05) is 0 Å². The summed E-state index contributed by atoms with van der Waals surface area (Å²) in [6.45, 7) is -0.254. The number of carbonyl (C=O) groups is 2. The van der Waals surface area contributed by atoms with Crippen LogP contribution in [0.1, 0.15) is 5.56 Å². The topological polar surface area (TPSA) is 88.7 Å². The van der Waals surface area contributed by atoms with Crippen molar-refractivity contribution in [2.75, 3.05) is 13.7 Å². The molecule has 148 valence electrons. The molecule has 3 N–H and O–H groups in total. The number of carbonyl (C=O) groups excluding carboxylic acids is 2. The minimum Gasteiger partial charge on any atom is -0.497 e. The first-order valence-electron chi connectivity index (χ1n) is 7.97. The molecular formula is C18H17BrClN3O4S. The van der Waals surface area contributed by atoms with Crippen molar-refractivity contribution in [2.45, 2.75) is 6.42 Å². The molecule has 28 heavy (non-hydrogen) atoms. The van der Waals surface area contributed by atoms with E-state index in [0.29, 0.717) is 21.0 Å². The van der Waals surface area contributed by atoms with Crippen LogP contribution in [0.2, 0.25) is 5.02 Å². The molecule has 0 saturated carbocycles. The van der Waals surface area contributed by atoms with Crippen LogP contribution in [0.25, 0.3) is 0 Å². The maximum absolute atomic E-state index is 12.0. The Balaban J connectivity index is 1.70. The Morgan fingerprint density at radius 2 is 1.82 bits per heavy atom. The molecule has 0 atom stereocenters. The van der Waals surface area contributed by atoms with Crippen LogP contribution >= 0.6 is 39.7 Å². The minimum absolute atomic E-state index is 0.0282. The fourth-order valence-electron chi connectivity index (χ4n) is 2.03. The Bertz CT molecular complexity index is 864. The third-order valence-electron chi connectivity index (χ3n) is 3.34. The molecule has 2 aromatic rings. The van der Waals surface area contributed by atoms with Crippen molar-refractivity contribution >= 4 is 56.7 Å². The average Bonchev–Trinajstić information content (AvgIpc) is 2.66. The van der Waals surface area contributed by atoms with Gasteiger partial charge in [0.25, 0.3) is 5.91 Å². The summed E-state index contributed by atoms with van der Waals surface area (Å²) in [7, 11) is 1.57. The summed E-state index contributed by atoms with van der Waals surface area (Å²) in [6, 6.07) is 12.0. The Labute approximate surface area is 180 Å². The van der Waals surface area contributed by atoms with E-state index in [1.165, 1.54) is 0 Å². The molecule has 0 spiro atoms. The lowest BCUT2D eigenvalue weighted by Crippen LogP contribution is -2.49. The van der Waals surface area contributed by atoms with Crippen LogP contribution in [0.5, 0.6) is 11.5 Å². The zero-order valence-electron chi connectivity index (χ0n) is 14.8. The van der Waals surface area contributed by atoms with Crippen molar-refractivity contribution in [1.29, 1.82) is 0 Å². The SMILES string of the molecule is COc1ccc(CC(=O)NC(=S)NNC(=O)COc2ccc(Cl)cc2Br)cc1. The Hall–Kier alpha value is -2.36. The predicted molar refractivity (Wildman–Crippen MR) is 113 cm³/mol. The number of nitrogens with one attached hydrogen (secondary N) is 3. The molecule has 7 nitrogen and oxygen atoms in total. The number of rotatable bonds is 6. The van der Waals surface area contributed by atoms with Gasteiger partial charge in [0.1, 0.15) is 11.5 Å². The Morgan fingerprint density at radius 1 is 1.11 bits per heavy atom. The number of hydrogen-bond donors (Lipinski definition) is 3. The highest BCUT2D eigenvalue weighted by Gasteiger charge is 2.09. The van der Waals surface area contributed by atoms with Gasteiger partial charge in [-0.05, 0) is 64.0 Å². The first-order valence-corrected chi connectivity index (χ1v) is 9.54. The van der Waals surface area contributed by atoms with Gasteiger partial charge in [0, 0.05) is 5.02 Å². The highest BCUT2D eigenvalue weighted by Crippen LogP contribution is 2.27. The molecule has 0 aliphatic carbocycles. The molecule has 0 aromatic heterocycles. The molecule has 0 saturated heterocycles. The van der Waals surface area contributed by atoms with Crippen molar-refractivity contribution in [3.05, 3.63) is 57.5 Å². The molecule has 0 fully saturated rings. The van der Waals surface area contributed by atoms with E-state index >= 15 is 0 Å². The van der Waals surface area contributed by atoms with Gasteiger partial charge in [0.05, 0.1) is 18.0 Å². The molecule has 0 heterocycles. The standard InChI is InChI=1S/C18H17BrClN3O4S/c1-26-13-5-2-11(3-6-13)8-16(24)21-18(28)23-22-17(25)10-27-15-7-4-12(20)9-14(15)19/h2-7,9H,8,10H2,1H3,(H,22,25)(H2,21,23,24,28). The predicted octanol–water partition coefficient (Wildman–Crippen LogP) is 2.75. The maximum atomic E-state index is 12.0. The number of amides is 2. The van der Waals surface area contributed by atoms with Gasteiger partial charge in [0.2, 0.25) is 5.91 Å². The molecule has 0 radical (unpaired) electrons. The van der Waals surface area contributed by atoms with E-state index in [0.717, 1.165) is 5.56 Å². The number of hydrazine groups is 1. The molecule has 10 heteroatoms. The maximum Gasteiger partial charge on any atom is 0.276 e. The van der Waals surface area contributed by atoms with Crippen LogP contribution < -0.4 is 25.6 Å². The number of thiocarbonyl (C=S) groups is 1. The van der Waals surface area contributed by atoms with Crippen LogP contribution in [0, 0.1) is 0 Å². The molecule has 0 unspecified atom stereocenters. The van der Waals surface area contributed by atoms with Crippen LogP contribution in [-0.2, 0) is 16.0 Å². The van der Waals surface area contributed by atoms with E-state index in [9.17, 15) is 9.59 Å². The van der Waals surface area contributed by atoms with Gasteiger partial charge in [-0.25, -0.2) is 0 Å². The third-order valence-corrected chi connectivity index (χ3v) is 4.40. The van der Waals surface area contributed by atoms with E-state index in [2.05, 4.69) is 32.1 Å². The smallest absolute Gasteiger partial charge is 0.276 e. The Morgan fingerprint density at radius 3 is 2.46 bits per heavy atom. The van der Waals surface area contributed by atoms with Crippen molar-refractivity contribution in [1.82, 2.24) is 16.2 Å². The van der Waals surface area contributed by atoms with Crippen LogP contribution in [0.3, 0.4) is 0 Å². The molecule has 2 rings (SSSR count). The number of methoxy groups -OCH3 is 1. The number of ether oxygens (including phenoxy) is 2. The second-order valence-electron chi connectivity index (χ2n) is 5.44. The largest absolute Gasteiger partial charge is 0.497 e. The van der Waals surface area contributed by atoms with Crippen LogP contribution in [-0.4, -0.2) is 30.6 Å². The molecular weight excluding hydrogens is 470 g/mol. The lowest BCUT2D eigenvalue weighted by molar-refractivity contribution is -0.124. The van der Waals surface area contributed by atoms with E-state index in [-0.39, 0.29) is 24.0 Å². The zero-order valence-corrected chi connectivity index (χ0v) is 17.9. The molecule has 0 bridgehead atoms. The fraction of sp³-hybridized carbons (Fsp3) is 0.167. The van der Waals surface area contributed by atoms with Crippen molar-refractivity contribution in [3.8, 4) is 11.5 Å². The number of benzene rings is 2. The van der Waals surface area contributed by atoms with E-state index in [4.69, 9.17) is 33.3 Å². The van der Waals surface area contributed by atoms with Gasteiger partial charge in [-0.1, -0.05) is 23.7 Å². The first-order chi connectivity index (χ1) is 13.4. The average molecular weight is 487 g/mol. The van der Waals surface area contributed by atoms with Gasteiger partial charge >= 0.3 is 0 Å².